The van der Waals surface area contributed by atoms with Gasteiger partial charge in [-0.05, 0) is 29.8 Å². The van der Waals surface area contributed by atoms with Gasteiger partial charge in [-0.2, -0.15) is 0 Å². The number of primary amides is 1. The number of rotatable bonds is 4. The molecule has 0 atom stereocenters. The maximum absolute atomic E-state index is 13.6. The van der Waals surface area contributed by atoms with Crippen molar-refractivity contribution in [3.05, 3.63) is 63.9 Å². The first-order chi connectivity index (χ1) is 9.08. The fraction of sp³-hybridized carbons (Fsp3) is 0.0714. The normalized spacial score (nSPS) is 10.2. The number of carbonyl (C=O) groups excluding carboxylic acids is 1. The minimum absolute atomic E-state index is 0.331. The molecule has 0 saturated heterocycles. The van der Waals surface area contributed by atoms with Crippen LogP contribution >= 0.6 is 15.9 Å². The van der Waals surface area contributed by atoms with Crippen molar-refractivity contribution in [2.75, 3.05) is 5.32 Å². The SMILES string of the molecule is NC(=O)c1ccccc1CNc1ccc(Br)cc1F. The summed E-state index contributed by atoms with van der Waals surface area (Å²) >= 11 is 3.19. The number of hydrogen-bond donors (Lipinski definition) is 2. The van der Waals surface area contributed by atoms with E-state index in [-0.39, 0.29) is 5.82 Å². The number of halogens is 2. The van der Waals surface area contributed by atoms with Gasteiger partial charge in [0.1, 0.15) is 5.82 Å². The number of benzene rings is 2. The fourth-order valence-corrected chi connectivity index (χ4v) is 2.07. The average molecular weight is 323 g/mol. The van der Waals surface area contributed by atoms with E-state index in [1.54, 1.807) is 36.4 Å². The van der Waals surface area contributed by atoms with Crippen LogP contribution in [0.25, 0.3) is 0 Å². The van der Waals surface area contributed by atoms with Gasteiger partial charge in [-0.15, -0.1) is 0 Å². The van der Waals surface area contributed by atoms with Crippen LogP contribution in [0.2, 0.25) is 0 Å². The molecule has 98 valence electrons. The van der Waals surface area contributed by atoms with Crippen LogP contribution in [-0.2, 0) is 6.54 Å². The Morgan fingerprint density at radius 2 is 2.00 bits per heavy atom. The topological polar surface area (TPSA) is 55.1 Å². The quantitative estimate of drug-likeness (QED) is 0.907. The summed E-state index contributed by atoms with van der Waals surface area (Å²) in [5, 5.41) is 2.95. The third-order valence-corrected chi connectivity index (χ3v) is 3.18. The Hall–Kier alpha value is -1.88. The summed E-state index contributed by atoms with van der Waals surface area (Å²) in [6.07, 6.45) is 0. The fourth-order valence-electron chi connectivity index (χ4n) is 1.74. The van der Waals surface area contributed by atoms with Crippen molar-refractivity contribution >= 4 is 27.5 Å². The number of amides is 1. The van der Waals surface area contributed by atoms with E-state index in [0.717, 1.165) is 5.56 Å². The lowest BCUT2D eigenvalue weighted by atomic mass is 10.1. The van der Waals surface area contributed by atoms with Crippen LogP contribution in [0.1, 0.15) is 15.9 Å². The predicted octanol–water partition coefficient (Wildman–Crippen LogP) is 3.30. The molecule has 2 aromatic carbocycles. The van der Waals surface area contributed by atoms with Crippen LogP contribution in [0.3, 0.4) is 0 Å². The van der Waals surface area contributed by atoms with Crippen molar-refractivity contribution < 1.29 is 9.18 Å². The van der Waals surface area contributed by atoms with Crippen LogP contribution in [0.5, 0.6) is 0 Å². The zero-order valence-corrected chi connectivity index (χ0v) is 11.6. The number of hydrogen-bond acceptors (Lipinski definition) is 2. The highest BCUT2D eigenvalue weighted by Crippen LogP contribution is 2.20. The highest BCUT2D eigenvalue weighted by atomic mass is 79.9. The van der Waals surface area contributed by atoms with Crippen LogP contribution < -0.4 is 11.1 Å². The zero-order valence-electron chi connectivity index (χ0n) is 9.99. The maximum atomic E-state index is 13.6. The molecular weight excluding hydrogens is 311 g/mol. The second-order valence-corrected chi connectivity index (χ2v) is 4.91. The van der Waals surface area contributed by atoms with Gasteiger partial charge in [-0.1, -0.05) is 34.1 Å². The second-order valence-electron chi connectivity index (χ2n) is 4.00. The van der Waals surface area contributed by atoms with E-state index < -0.39 is 5.91 Å². The van der Waals surface area contributed by atoms with Gasteiger partial charge in [0, 0.05) is 16.6 Å². The van der Waals surface area contributed by atoms with Crippen molar-refractivity contribution in [3.8, 4) is 0 Å². The highest BCUT2D eigenvalue weighted by molar-refractivity contribution is 9.10. The van der Waals surface area contributed by atoms with E-state index >= 15 is 0 Å². The minimum Gasteiger partial charge on any atom is -0.379 e. The van der Waals surface area contributed by atoms with Crippen LogP contribution in [0.15, 0.2) is 46.9 Å². The summed E-state index contributed by atoms with van der Waals surface area (Å²) in [6.45, 7) is 0.331. The van der Waals surface area contributed by atoms with Crippen LogP contribution in [-0.4, -0.2) is 5.91 Å². The molecule has 3 N–H and O–H groups in total. The van der Waals surface area contributed by atoms with E-state index in [2.05, 4.69) is 21.2 Å². The molecule has 0 aliphatic rings. The first-order valence-corrected chi connectivity index (χ1v) is 6.44. The summed E-state index contributed by atoms with van der Waals surface area (Å²) in [5.74, 6) is -0.848. The molecule has 0 aliphatic heterocycles. The third kappa shape index (κ3) is 3.32. The molecule has 3 nitrogen and oxygen atoms in total. The van der Waals surface area contributed by atoms with Crippen LogP contribution in [0.4, 0.5) is 10.1 Å². The smallest absolute Gasteiger partial charge is 0.249 e. The Balaban J connectivity index is 2.17. The third-order valence-electron chi connectivity index (χ3n) is 2.68. The number of nitrogens with one attached hydrogen (secondary N) is 1. The van der Waals surface area contributed by atoms with Crippen LogP contribution in [0, 0.1) is 5.82 Å². The molecule has 0 aromatic heterocycles. The molecule has 0 spiro atoms. The van der Waals surface area contributed by atoms with Crippen molar-refractivity contribution in [2.45, 2.75) is 6.54 Å². The summed E-state index contributed by atoms with van der Waals surface area (Å²) in [6, 6.07) is 11.7. The molecule has 0 aliphatic carbocycles. The van der Waals surface area contributed by atoms with Gasteiger partial charge in [-0.25, -0.2) is 4.39 Å². The average Bonchev–Trinajstić information content (AvgIpc) is 2.38. The van der Waals surface area contributed by atoms with Gasteiger partial charge >= 0.3 is 0 Å². The molecule has 0 fully saturated rings. The molecule has 0 unspecified atom stereocenters. The van der Waals surface area contributed by atoms with Crippen molar-refractivity contribution in [1.82, 2.24) is 0 Å². The molecule has 0 bridgehead atoms. The second kappa shape index (κ2) is 5.84. The standard InChI is InChI=1S/C14H12BrFN2O/c15-10-5-6-13(12(16)7-10)18-8-9-3-1-2-4-11(9)14(17)19/h1-7,18H,8H2,(H2,17,19). The van der Waals surface area contributed by atoms with Gasteiger partial charge < -0.3 is 11.1 Å². The molecule has 19 heavy (non-hydrogen) atoms. The van der Waals surface area contributed by atoms with Gasteiger partial charge in [0.15, 0.2) is 0 Å². The first-order valence-electron chi connectivity index (χ1n) is 5.64. The number of carbonyl (C=O) groups is 1. The lowest BCUT2D eigenvalue weighted by Crippen LogP contribution is -2.15. The highest BCUT2D eigenvalue weighted by Gasteiger charge is 2.08. The summed E-state index contributed by atoms with van der Waals surface area (Å²) in [5.41, 5.74) is 6.83. The van der Waals surface area contributed by atoms with Crippen molar-refractivity contribution in [1.29, 1.82) is 0 Å². The Kier molecular flexibility index (Phi) is 4.16. The first kappa shape index (κ1) is 13.5. The van der Waals surface area contributed by atoms with Crippen molar-refractivity contribution in [2.24, 2.45) is 5.73 Å². The molecule has 2 aromatic rings. The molecular formula is C14H12BrFN2O. The molecule has 0 saturated carbocycles. The van der Waals surface area contributed by atoms with Crippen molar-refractivity contribution in [3.63, 3.8) is 0 Å². The zero-order chi connectivity index (χ0) is 13.8. The number of nitrogens with two attached hydrogens (primary N) is 1. The molecule has 0 heterocycles. The Labute approximate surface area is 118 Å². The van der Waals surface area contributed by atoms with E-state index in [1.807, 2.05) is 0 Å². The predicted molar refractivity (Wildman–Crippen MR) is 76.4 cm³/mol. The Morgan fingerprint density at radius 1 is 1.26 bits per heavy atom. The Bertz CT molecular complexity index is 616. The number of anilines is 1. The summed E-state index contributed by atoms with van der Waals surface area (Å²) in [4.78, 5) is 11.3. The summed E-state index contributed by atoms with van der Waals surface area (Å²) in [7, 11) is 0. The lowest BCUT2D eigenvalue weighted by molar-refractivity contribution is 0.0999. The lowest BCUT2D eigenvalue weighted by Gasteiger charge is -2.10. The van der Waals surface area contributed by atoms with E-state index in [4.69, 9.17) is 5.73 Å². The summed E-state index contributed by atoms with van der Waals surface area (Å²) < 4.78 is 14.3. The Morgan fingerprint density at radius 3 is 2.68 bits per heavy atom. The largest absolute Gasteiger partial charge is 0.379 e. The van der Waals surface area contributed by atoms with Gasteiger partial charge in [-0.3, -0.25) is 4.79 Å². The van der Waals surface area contributed by atoms with Gasteiger partial charge in [0.05, 0.1) is 5.69 Å². The van der Waals surface area contributed by atoms with E-state index in [9.17, 15) is 9.18 Å². The monoisotopic (exact) mass is 322 g/mol. The van der Waals surface area contributed by atoms with Gasteiger partial charge in [0.25, 0.3) is 0 Å². The van der Waals surface area contributed by atoms with E-state index in [0.29, 0.717) is 22.3 Å². The van der Waals surface area contributed by atoms with Gasteiger partial charge in [0.2, 0.25) is 5.91 Å². The maximum Gasteiger partial charge on any atom is 0.249 e. The molecule has 5 heteroatoms. The minimum atomic E-state index is -0.492. The molecule has 1 amide bonds. The molecule has 2 rings (SSSR count). The molecule has 0 radical (unpaired) electrons. The van der Waals surface area contributed by atoms with E-state index in [1.165, 1.54) is 6.07 Å².